The highest BCUT2D eigenvalue weighted by Gasteiger charge is 2.16. The Kier molecular flexibility index (Phi) is 43.4. The first-order valence-corrected chi connectivity index (χ1v) is 23.4. The molecular weight excluding hydrogens is 657 g/mol. The van der Waals surface area contributed by atoms with Crippen molar-refractivity contribution >= 4 is 11.9 Å². The van der Waals surface area contributed by atoms with Crippen LogP contribution in [0.4, 0.5) is 0 Å². The Bertz CT molecular complexity index is 806. The van der Waals surface area contributed by atoms with Crippen molar-refractivity contribution in [2.45, 2.75) is 258 Å². The van der Waals surface area contributed by atoms with Gasteiger partial charge >= 0.3 is 11.9 Å². The number of rotatable bonds is 43. The largest absolute Gasteiger partial charge is 0.462 e. The minimum absolute atomic E-state index is 0.0642. The lowest BCUT2D eigenvalue weighted by Gasteiger charge is -2.15. The maximum absolute atomic E-state index is 12.2. The van der Waals surface area contributed by atoms with E-state index >= 15 is 0 Å². The van der Waals surface area contributed by atoms with Gasteiger partial charge < -0.3 is 14.6 Å². The molecule has 1 atom stereocenters. The van der Waals surface area contributed by atoms with Gasteiger partial charge in [-0.3, -0.25) is 9.59 Å². The molecule has 5 nitrogen and oxygen atoms in total. The van der Waals surface area contributed by atoms with Gasteiger partial charge in [0.15, 0.2) is 6.10 Å². The molecule has 0 saturated heterocycles. The van der Waals surface area contributed by atoms with Gasteiger partial charge in [-0.15, -0.1) is 0 Å². The molecule has 0 radical (unpaired) electrons. The molecule has 5 heteroatoms. The van der Waals surface area contributed by atoms with Crippen molar-refractivity contribution in [2.75, 3.05) is 13.2 Å². The van der Waals surface area contributed by atoms with Gasteiger partial charge in [0.25, 0.3) is 0 Å². The fourth-order valence-corrected chi connectivity index (χ4v) is 6.94. The first-order valence-electron chi connectivity index (χ1n) is 23.4. The molecule has 53 heavy (non-hydrogen) atoms. The minimum Gasteiger partial charge on any atom is -0.462 e. The van der Waals surface area contributed by atoms with Crippen molar-refractivity contribution < 1.29 is 24.2 Å². The number of aliphatic hydroxyl groups excluding tert-OH is 1. The van der Waals surface area contributed by atoms with Crippen LogP contribution in [0.25, 0.3) is 0 Å². The normalized spacial score (nSPS) is 12.3. The Morgan fingerprint density at radius 1 is 0.434 bits per heavy atom. The van der Waals surface area contributed by atoms with E-state index in [1.54, 1.807) is 0 Å². The molecule has 0 bridgehead atoms. The molecule has 312 valence electrons. The van der Waals surface area contributed by atoms with Crippen LogP contribution in [-0.4, -0.2) is 36.4 Å². The Balaban J connectivity index is 3.47. The summed E-state index contributed by atoms with van der Waals surface area (Å²) >= 11 is 0. The fourth-order valence-electron chi connectivity index (χ4n) is 6.94. The topological polar surface area (TPSA) is 72.8 Å². The van der Waals surface area contributed by atoms with Crippen molar-refractivity contribution in [1.82, 2.24) is 0 Å². The molecular formula is C48H90O5. The molecule has 0 fully saturated rings. The summed E-state index contributed by atoms with van der Waals surface area (Å²) in [5.41, 5.74) is 0. The summed E-state index contributed by atoms with van der Waals surface area (Å²) in [7, 11) is 0. The standard InChI is InChI=1S/C48H90O5/c1-3-5-7-9-11-13-15-17-19-21-22-23-24-25-27-28-30-32-34-36-38-40-42-47(50)52-45-46(44-49)53-48(51)43-41-39-37-35-33-31-29-26-20-18-16-14-12-10-8-6-4-2/h12,14,18,20,46,49H,3-11,13,15-17,19,21-45H2,1-2H3/b14-12+,20-18+/t46-/m0/s1. The van der Waals surface area contributed by atoms with Gasteiger partial charge in [-0.2, -0.15) is 0 Å². The average Bonchev–Trinajstić information content (AvgIpc) is 3.16. The number of unbranched alkanes of at least 4 members (excludes halogenated alkanes) is 31. The first kappa shape index (κ1) is 51.4. The molecule has 1 N–H and O–H groups in total. The summed E-state index contributed by atoms with van der Waals surface area (Å²) in [6.07, 6.45) is 54.0. The van der Waals surface area contributed by atoms with E-state index in [1.165, 1.54) is 173 Å². The minimum atomic E-state index is -0.771. The number of carbonyl (C=O) groups excluding carboxylic acids is 2. The van der Waals surface area contributed by atoms with Crippen LogP contribution < -0.4 is 0 Å². The third-order valence-corrected chi connectivity index (χ3v) is 10.5. The van der Waals surface area contributed by atoms with Crippen LogP contribution in [0.5, 0.6) is 0 Å². The van der Waals surface area contributed by atoms with E-state index in [9.17, 15) is 14.7 Å². The molecule has 0 spiro atoms. The number of ether oxygens (including phenoxy) is 2. The van der Waals surface area contributed by atoms with Gasteiger partial charge in [0.05, 0.1) is 6.61 Å². The van der Waals surface area contributed by atoms with Crippen molar-refractivity contribution in [3.63, 3.8) is 0 Å². The lowest BCUT2D eigenvalue weighted by Crippen LogP contribution is -2.28. The number of allylic oxidation sites excluding steroid dienone is 4. The van der Waals surface area contributed by atoms with E-state index in [1.807, 2.05) is 0 Å². The number of aliphatic hydroxyl groups is 1. The molecule has 0 aliphatic heterocycles. The third-order valence-electron chi connectivity index (χ3n) is 10.5. The number of hydrogen-bond acceptors (Lipinski definition) is 5. The van der Waals surface area contributed by atoms with Crippen LogP contribution in [0.1, 0.15) is 251 Å². The molecule has 0 rings (SSSR count). The lowest BCUT2D eigenvalue weighted by molar-refractivity contribution is -0.161. The molecule has 0 heterocycles. The zero-order chi connectivity index (χ0) is 38.6. The Morgan fingerprint density at radius 3 is 1.15 bits per heavy atom. The third kappa shape index (κ3) is 43.0. The van der Waals surface area contributed by atoms with Crippen LogP contribution in [0.3, 0.4) is 0 Å². The van der Waals surface area contributed by atoms with Crippen molar-refractivity contribution in [3.8, 4) is 0 Å². The van der Waals surface area contributed by atoms with Gasteiger partial charge in [-0.05, 0) is 44.9 Å². The van der Waals surface area contributed by atoms with Crippen LogP contribution in [0, 0.1) is 0 Å². The highest BCUT2D eigenvalue weighted by atomic mass is 16.6. The number of esters is 2. The number of carbonyl (C=O) groups is 2. The Morgan fingerprint density at radius 2 is 0.755 bits per heavy atom. The van der Waals surface area contributed by atoms with Gasteiger partial charge in [0, 0.05) is 12.8 Å². The SMILES string of the molecule is CCCCC/C=C/C/C=C/CCCCCCCCCC(=O)O[C@@H](CO)COC(=O)CCCCCCCCCCCCCCCCCCCCCCCC. The van der Waals surface area contributed by atoms with E-state index < -0.39 is 6.10 Å². The predicted molar refractivity (Wildman–Crippen MR) is 228 cm³/mol. The van der Waals surface area contributed by atoms with E-state index in [0.29, 0.717) is 12.8 Å². The smallest absolute Gasteiger partial charge is 0.306 e. The fraction of sp³-hybridized carbons (Fsp3) is 0.875. The number of hydrogen-bond donors (Lipinski definition) is 1. The van der Waals surface area contributed by atoms with Crippen LogP contribution in [-0.2, 0) is 19.1 Å². The second kappa shape index (κ2) is 44.8. The molecule has 0 aromatic heterocycles. The van der Waals surface area contributed by atoms with Crippen molar-refractivity contribution in [3.05, 3.63) is 24.3 Å². The van der Waals surface area contributed by atoms with Gasteiger partial charge in [0.2, 0.25) is 0 Å². The maximum atomic E-state index is 12.2. The molecule has 0 aromatic rings. The highest BCUT2D eigenvalue weighted by molar-refractivity contribution is 5.70. The highest BCUT2D eigenvalue weighted by Crippen LogP contribution is 2.16. The zero-order valence-electron chi connectivity index (χ0n) is 35.5. The monoisotopic (exact) mass is 747 g/mol. The van der Waals surface area contributed by atoms with E-state index in [4.69, 9.17) is 9.47 Å². The lowest BCUT2D eigenvalue weighted by atomic mass is 10.0. The summed E-state index contributed by atoms with van der Waals surface area (Å²) in [6, 6.07) is 0. The molecule has 0 aliphatic rings. The van der Waals surface area contributed by atoms with Gasteiger partial charge in [-0.1, -0.05) is 218 Å². The molecule has 0 aromatic carbocycles. The summed E-state index contributed by atoms with van der Waals surface area (Å²) in [4.78, 5) is 24.4. The average molecular weight is 747 g/mol. The summed E-state index contributed by atoms with van der Waals surface area (Å²) in [5.74, 6) is -0.587. The van der Waals surface area contributed by atoms with E-state index in [0.717, 1.165) is 51.4 Å². The Labute approximate surface area is 330 Å². The first-order chi connectivity index (χ1) is 26.1. The van der Waals surface area contributed by atoms with Crippen LogP contribution in [0.15, 0.2) is 24.3 Å². The summed E-state index contributed by atoms with van der Waals surface area (Å²) in [6.45, 7) is 4.14. The van der Waals surface area contributed by atoms with E-state index in [2.05, 4.69) is 38.2 Å². The molecule has 0 unspecified atom stereocenters. The second-order valence-electron chi connectivity index (χ2n) is 15.8. The van der Waals surface area contributed by atoms with Gasteiger partial charge in [-0.25, -0.2) is 0 Å². The molecule has 0 saturated carbocycles. The van der Waals surface area contributed by atoms with Crippen molar-refractivity contribution in [1.29, 1.82) is 0 Å². The molecule has 0 aliphatic carbocycles. The van der Waals surface area contributed by atoms with Crippen LogP contribution in [0.2, 0.25) is 0 Å². The zero-order valence-corrected chi connectivity index (χ0v) is 35.5. The van der Waals surface area contributed by atoms with E-state index in [-0.39, 0.29) is 25.2 Å². The summed E-state index contributed by atoms with van der Waals surface area (Å²) in [5, 5.41) is 9.59. The Hall–Kier alpha value is -1.62. The van der Waals surface area contributed by atoms with Gasteiger partial charge in [0.1, 0.15) is 6.61 Å². The molecule has 0 amide bonds. The quantitative estimate of drug-likeness (QED) is 0.0382. The second-order valence-corrected chi connectivity index (χ2v) is 15.8. The maximum Gasteiger partial charge on any atom is 0.306 e. The van der Waals surface area contributed by atoms with Crippen molar-refractivity contribution in [2.24, 2.45) is 0 Å². The van der Waals surface area contributed by atoms with Crippen LogP contribution >= 0.6 is 0 Å². The predicted octanol–water partition coefficient (Wildman–Crippen LogP) is 15.0. The summed E-state index contributed by atoms with van der Waals surface area (Å²) < 4.78 is 10.7.